The molecule has 4 rings (SSSR count). The fraction of sp³-hybridized carbons (Fsp3) is 0.304. The summed E-state index contributed by atoms with van der Waals surface area (Å²) in [5.74, 6) is 3.42. The number of benzene rings is 1. The van der Waals surface area contributed by atoms with Gasteiger partial charge in [0, 0.05) is 37.9 Å². The molecule has 1 N–H and O–H groups in total. The molecule has 0 saturated carbocycles. The third-order valence-electron chi connectivity index (χ3n) is 5.15. The summed E-state index contributed by atoms with van der Waals surface area (Å²) in [7, 11) is 1.60. The van der Waals surface area contributed by atoms with Crippen molar-refractivity contribution >= 4 is 23.4 Å². The molecule has 0 atom stereocenters. The summed E-state index contributed by atoms with van der Waals surface area (Å²) in [5.41, 5.74) is 0.931. The number of nitrogens with one attached hydrogen (secondary N) is 1. The van der Waals surface area contributed by atoms with Gasteiger partial charge in [-0.2, -0.15) is 0 Å². The van der Waals surface area contributed by atoms with E-state index >= 15 is 0 Å². The monoisotopic (exact) mass is 434 g/mol. The van der Waals surface area contributed by atoms with Gasteiger partial charge in [0.25, 0.3) is 5.91 Å². The van der Waals surface area contributed by atoms with Crippen molar-refractivity contribution in [1.29, 1.82) is 0 Å². The number of hydrogen-bond donors (Lipinski definition) is 1. The zero-order valence-electron chi connectivity index (χ0n) is 18.2. The average Bonchev–Trinajstić information content (AvgIpc) is 2.83. The molecule has 1 amide bonds. The van der Waals surface area contributed by atoms with Crippen LogP contribution in [0.2, 0.25) is 0 Å². The number of ether oxygens (including phenoxy) is 2. The molecule has 1 aliphatic heterocycles. The predicted molar refractivity (Wildman–Crippen MR) is 122 cm³/mol. The number of anilines is 3. The van der Waals surface area contributed by atoms with Gasteiger partial charge >= 0.3 is 0 Å². The van der Waals surface area contributed by atoms with E-state index < -0.39 is 0 Å². The van der Waals surface area contributed by atoms with Crippen LogP contribution in [0.25, 0.3) is 0 Å². The van der Waals surface area contributed by atoms with Gasteiger partial charge in [-0.15, -0.1) is 10.2 Å². The van der Waals surface area contributed by atoms with Crippen LogP contribution < -0.4 is 19.7 Å². The van der Waals surface area contributed by atoms with Gasteiger partial charge in [0.05, 0.1) is 7.11 Å². The van der Waals surface area contributed by atoms with Crippen LogP contribution in [0.3, 0.4) is 0 Å². The Balaban J connectivity index is 1.26. The minimum atomic E-state index is -0.0382. The number of carbonyl (C=O) groups is 1. The SMILES string of the molecule is COc1cccc(OCC(=O)N2CCN(c3ccc(Nc4cccc(C)n4)nn3)CC2)c1. The number of carbonyl (C=O) groups excluding carboxylic acids is 1. The van der Waals surface area contributed by atoms with Crippen LogP contribution in [-0.2, 0) is 4.79 Å². The van der Waals surface area contributed by atoms with Crippen molar-refractivity contribution in [3.05, 3.63) is 60.3 Å². The number of amides is 1. The largest absolute Gasteiger partial charge is 0.497 e. The summed E-state index contributed by atoms with van der Waals surface area (Å²) in [6.45, 7) is 4.53. The number of aromatic nitrogens is 3. The molecule has 1 aromatic carbocycles. The molecule has 9 nitrogen and oxygen atoms in total. The molecular weight excluding hydrogens is 408 g/mol. The molecule has 1 fully saturated rings. The maximum absolute atomic E-state index is 12.5. The molecule has 0 unspecified atom stereocenters. The van der Waals surface area contributed by atoms with Crippen molar-refractivity contribution < 1.29 is 14.3 Å². The van der Waals surface area contributed by atoms with Gasteiger partial charge in [-0.3, -0.25) is 4.79 Å². The Kier molecular flexibility index (Phi) is 6.64. The van der Waals surface area contributed by atoms with Gasteiger partial charge in [0.15, 0.2) is 18.2 Å². The lowest BCUT2D eigenvalue weighted by Gasteiger charge is -2.35. The lowest BCUT2D eigenvalue weighted by Crippen LogP contribution is -2.50. The van der Waals surface area contributed by atoms with Crippen LogP contribution in [0.15, 0.2) is 54.6 Å². The van der Waals surface area contributed by atoms with Gasteiger partial charge < -0.3 is 24.6 Å². The average molecular weight is 435 g/mol. The molecule has 32 heavy (non-hydrogen) atoms. The molecule has 1 aliphatic rings. The number of nitrogens with zero attached hydrogens (tertiary/aromatic N) is 5. The molecule has 166 valence electrons. The van der Waals surface area contributed by atoms with Crippen molar-refractivity contribution in [2.45, 2.75) is 6.92 Å². The van der Waals surface area contributed by atoms with Crippen LogP contribution in [0.1, 0.15) is 5.69 Å². The lowest BCUT2D eigenvalue weighted by atomic mass is 10.3. The van der Waals surface area contributed by atoms with Gasteiger partial charge in [-0.05, 0) is 43.3 Å². The van der Waals surface area contributed by atoms with Crippen LogP contribution in [0.4, 0.5) is 17.5 Å². The summed E-state index contributed by atoms with van der Waals surface area (Å²) < 4.78 is 10.8. The second kappa shape index (κ2) is 9.95. The standard InChI is InChI=1S/C23H26N6O3/c1-17-5-3-8-20(24-17)25-21-9-10-22(27-26-21)28-11-13-29(14-12-28)23(30)16-32-19-7-4-6-18(15-19)31-2/h3-10,15H,11-14,16H2,1-2H3,(H,24,25,26). The molecule has 3 aromatic rings. The van der Waals surface area contributed by atoms with Crippen LogP contribution in [-0.4, -0.2) is 65.9 Å². The molecule has 0 radical (unpaired) electrons. The van der Waals surface area contributed by atoms with E-state index in [0.29, 0.717) is 43.5 Å². The van der Waals surface area contributed by atoms with E-state index in [1.165, 1.54) is 0 Å². The minimum Gasteiger partial charge on any atom is -0.497 e. The van der Waals surface area contributed by atoms with Crippen molar-refractivity contribution in [2.75, 3.05) is 50.1 Å². The van der Waals surface area contributed by atoms with Crippen molar-refractivity contribution in [2.24, 2.45) is 0 Å². The van der Waals surface area contributed by atoms with E-state index in [0.717, 1.165) is 17.3 Å². The predicted octanol–water partition coefficient (Wildman–Crippen LogP) is 2.66. The first kappa shape index (κ1) is 21.4. The first-order chi connectivity index (χ1) is 15.6. The van der Waals surface area contributed by atoms with E-state index in [2.05, 4.69) is 25.4 Å². The third-order valence-corrected chi connectivity index (χ3v) is 5.15. The maximum Gasteiger partial charge on any atom is 0.260 e. The smallest absolute Gasteiger partial charge is 0.260 e. The zero-order valence-corrected chi connectivity index (χ0v) is 18.2. The molecular formula is C23H26N6O3. The summed E-state index contributed by atoms with van der Waals surface area (Å²) in [6, 6.07) is 16.8. The topological polar surface area (TPSA) is 92.7 Å². The van der Waals surface area contributed by atoms with Crippen LogP contribution in [0.5, 0.6) is 11.5 Å². The Morgan fingerprint density at radius 2 is 1.75 bits per heavy atom. The highest BCUT2D eigenvalue weighted by Gasteiger charge is 2.22. The Morgan fingerprint density at radius 3 is 2.47 bits per heavy atom. The second-order valence-electron chi connectivity index (χ2n) is 7.40. The summed E-state index contributed by atoms with van der Waals surface area (Å²) in [6.07, 6.45) is 0. The first-order valence-electron chi connectivity index (χ1n) is 10.4. The third kappa shape index (κ3) is 5.42. The lowest BCUT2D eigenvalue weighted by molar-refractivity contribution is -0.133. The number of methoxy groups -OCH3 is 1. The Bertz CT molecular complexity index is 1050. The highest BCUT2D eigenvalue weighted by Crippen LogP contribution is 2.20. The Hall–Kier alpha value is -3.88. The van der Waals surface area contributed by atoms with Gasteiger partial charge in [0.1, 0.15) is 17.3 Å². The molecule has 2 aromatic heterocycles. The quantitative estimate of drug-likeness (QED) is 0.607. The van der Waals surface area contributed by atoms with Gasteiger partial charge in [-0.1, -0.05) is 12.1 Å². The van der Waals surface area contributed by atoms with Crippen molar-refractivity contribution in [3.63, 3.8) is 0 Å². The maximum atomic E-state index is 12.5. The number of pyridine rings is 1. The van der Waals surface area contributed by atoms with E-state index in [-0.39, 0.29) is 12.5 Å². The molecule has 0 spiro atoms. The molecule has 1 saturated heterocycles. The normalized spacial score (nSPS) is 13.6. The number of hydrogen-bond acceptors (Lipinski definition) is 8. The number of piperazine rings is 1. The second-order valence-corrected chi connectivity index (χ2v) is 7.40. The minimum absolute atomic E-state index is 0.000333. The van der Waals surface area contributed by atoms with Crippen molar-refractivity contribution in [1.82, 2.24) is 20.1 Å². The highest BCUT2D eigenvalue weighted by molar-refractivity contribution is 5.78. The molecule has 3 heterocycles. The van der Waals surface area contributed by atoms with Crippen LogP contribution in [0, 0.1) is 6.92 Å². The first-order valence-corrected chi connectivity index (χ1v) is 10.4. The number of rotatable bonds is 7. The summed E-state index contributed by atoms with van der Waals surface area (Å²) in [5, 5.41) is 11.7. The van der Waals surface area contributed by atoms with Gasteiger partial charge in [-0.25, -0.2) is 4.98 Å². The zero-order chi connectivity index (χ0) is 22.3. The fourth-order valence-corrected chi connectivity index (χ4v) is 3.42. The van der Waals surface area contributed by atoms with Crippen molar-refractivity contribution in [3.8, 4) is 11.5 Å². The van der Waals surface area contributed by atoms with E-state index in [1.54, 1.807) is 19.2 Å². The Morgan fingerprint density at radius 1 is 0.969 bits per heavy atom. The fourth-order valence-electron chi connectivity index (χ4n) is 3.42. The number of aryl methyl sites for hydroxylation is 1. The molecule has 9 heteroatoms. The van der Waals surface area contributed by atoms with Gasteiger partial charge in [0.2, 0.25) is 0 Å². The van der Waals surface area contributed by atoms with E-state index in [1.807, 2.05) is 54.3 Å². The molecule has 0 bridgehead atoms. The summed E-state index contributed by atoms with van der Waals surface area (Å²) in [4.78, 5) is 20.9. The Labute approximate surface area is 187 Å². The molecule has 0 aliphatic carbocycles. The van der Waals surface area contributed by atoms with E-state index in [9.17, 15) is 4.79 Å². The summed E-state index contributed by atoms with van der Waals surface area (Å²) >= 11 is 0. The van der Waals surface area contributed by atoms with E-state index in [4.69, 9.17) is 9.47 Å². The van der Waals surface area contributed by atoms with Crippen LogP contribution >= 0.6 is 0 Å². The highest BCUT2D eigenvalue weighted by atomic mass is 16.5.